The Kier molecular flexibility index (Phi) is 6.32. The van der Waals surface area contributed by atoms with E-state index in [0.717, 1.165) is 0 Å². The van der Waals surface area contributed by atoms with E-state index in [-0.39, 0.29) is 6.42 Å². The van der Waals surface area contributed by atoms with Crippen LogP contribution in [-0.4, -0.2) is 41.6 Å². The molecule has 16 heavy (non-hydrogen) atoms. The van der Waals surface area contributed by atoms with Crippen LogP contribution in [-0.2, 0) is 23.9 Å². The Hall–Kier alpha value is -1.43. The molecule has 0 amide bonds. The van der Waals surface area contributed by atoms with Crippen LogP contribution in [0.1, 0.15) is 27.2 Å². The van der Waals surface area contributed by atoms with Gasteiger partial charge in [0.1, 0.15) is 12.4 Å². The van der Waals surface area contributed by atoms with E-state index in [1.54, 1.807) is 0 Å². The van der Waals surface area contributed by atoms with Gasteiger partial charge in [-0.1, -0.05) is 0 Å². The molecule has 0 unspecified atom stereocenters. The van der Waals surface area contributed by atoms with Gasteiger partial charge in [-0.15, -0.1) is 0 Å². The minimum atomic E-state index is -1.04. The first-order valence-corrected chi connectivity index (χ1v) is 4.84. The van der Waals surface area contributed by atoms with Crippen LogP contribution in [0.4, 0.5) is 0 Å². The molecule has 0 aliphatic carbocycles. The molecule has 0 aliphatic heterocycles. The number of ether oxygens (including phenoxy) is 2. The molecule has 0 rings (SSSR count). The Morgan fingerprint density at radius 1 is 1.25 bits per heavy atom. The first kappa shape index (κ1) is 14.6. The zero-order chi connectivity index (χ0) is 12.7. The number of hydrogen-bond donors (Lipinski definition) is 1. The van der Waals surface area contributed by atoms with Gasteiger partial charge in [0.05, 0.1) is 6.10 Å². The normalized spacial score (nSPS) is 15.8. The van der Waals surface area contributed by atoms with Crippen molar-refractivity contribution in [3.05, 3.63) is 0 Å². The molecular formula is C10H16O6. The highest BCUT2D eigenvalue weighted by atomic mass is 16.6. The average molecular weight is 232 g/mol. The quantitative estimate of drug-likeness (QED) is 0.504. The summed E-state index contributed by atoms with van der Waals surface area (Å²) in [5, 5.41) is 9.39. The van der Waals surface area contributed by atoms with E-state index in [2.05, 4.69) is 0 Å². The summed E-state index contributed by atoms with van der Waals surface area (Å²) in [6.45, 7) is 3.72. The van der Waals surface area contributed by atoms with Crippen LogP contribution >= 0.6 is 0 Å². The van der Waals surface area contributed by atoms with Gasteiger partial charge in [-0.05, 0) is 6.92 Å². The second kappa shape index (κ2) is 6.95. The van der Waals surface area contributed by atoms with Crippen molar-refractivity contribution in [1.29, 1.82) is 0 Å². The number of aldehydes is 1. The molecule has 0 bridgehead atoms. The Balaban J connectivity index is 4.70. The predicted molar refractivity (Wildman–Crippen MR) is 53.5 cm³/mol. The lowest BCUT2D eigenvalue weighted by Crippen LogP contribution is -2.42. The molecule has 92 valence electrons. The smallest absolute Gasteiger partial charge is 0.303 e. The molecule has 6 heteroatoms. The lowest BCUT2D eigenvalue weighted by molar-refractivity contribution is -0.174. The van der Waals surface area contributed by atoms with Gasteiger partial charge in [-0.25, -0.2) is 0 Å². The second-order valence-corrected chi connectivity index (χ2v) is 3.36. The van der Waals surface area contributed by atoms with E-state index < -0.39 is 30.3 Å². The maximum absolute atomic E-state index is 10.8. The van der Waals surface area contributed by atoms with Crippen LogP contribution in [0.15, 0.2) is 0 Å². The molecule has 0 aliphatic rings. The van der Waals surface area contributed by atoms with Gasteiger partial charge < -0.3 is 19.4 Å². The predicted octanol–water partition coefficient (Wildman–Crippen LogP) is -0.180. The molecule has 0 heterocycles. The van der Waals surface area contributed by atoms with Crippen LogP contribution in [0.2, 0.25) is 0 Å². The number of carbonyl (C=O) groups excluding carboxylic acids is 3. The lowest BCUT2D eigenvalue weighted by Gasteiger charge is -2.26. The van der Waals surface area contributed by atoms with Crippen LogP contribution in [0.25, 0.3) is 0 Å². The molecule has 0 saturated heterocycles. The van der Waals surface area contributed by atoms with Gasteiger partial charge in [0.2, 0.25) is 0 Å². The Bertz CT molecular complexity index is 260. The van der Waals surface area contributed by atoms with Gasteiger partial charge in [0.25, 0.3) is 0 Å². The highest BCUT2D eigenvalue weighted by Crippen LogP contribution is 2.12. The zero-order valence-electron chi connectivity index (χ0n) is 9.50. The fourth-order valence-corrected chi connectivity index (χ4v) is 1.23. The maximum atomic E-state index is 10.8. The van der Waals surface area contributed by atoms with Crippen molar-refractivity contribution in [1.82, 2.24) is 0 Å². The third kappa shape index (κ3) is 5.45. The third-order valence-corrected chi connectivity index (χ3v) is 1.79. The SMILES string of the molecule is CC(=O)O[C@@H]([C@H](C)O)[C@@H](CC=O)OC(C)=O. The number of esters is 2. The number of aliphatic hydroxyl groups excluding tert-OH is 1. The van der Waals surface area contributed by atoms with Crippen LogP contribution in [0.3, 0.4) is 0 Å². The minimum Gasteiger partial charge on any atom is -0.458 e. The molecule has 0 aromatic heterocycles. The number of hydrogen-bond acceptors (Lipinski definition) is 6. The Labute approximate surface area is 93.5 Å². The summed E-state index contributed by atoms with van der Waals surface area (Å²) in [5.41, 5.74) is 0. The molecule has 0 aromatic rings. The van der Waals surface area contributed by atoms with Crippen molar-refractivity contribution in [3.8, 4) is 0 Å². The van der Waals surface area contributed by atoms with Crippen LogP contribution in [0.5, 0.6) is 0 Å². The van der Waals surface area contributed by atoms with Gasteiger partial charge in [0, 0.05) is 20.3 Å². The summed E-state index contributed by atoms with van der Waals surface area (Å²) in [5.74, 6) is -1.22. The van der Waals surface area contributed by atoms with Crippen LogP contribution in [0, 0.1) is 0 Å². The largest absolute Gasteiger partial charge is 0.458 e. The number of carbonyl (C=O) groups is 3. The lowest BCUT2D eigenvalue weighted by atomic mass is 10.1. The molecular weight excluding hydrogens is 216 g/mol. The number of aliphatic hydroxyl groups is 1. The Morgan fingerprint density at radius 3 is 2.06 bits per heavy atom. The van der Waals surface area contributed by atoms with Gasteiger partial charge in [0.15, 0.2) is 6.10 Å². The standard InChI is InChI=1S/C10H16O6/c1-6(12)10(16-8(3)14)9(4-5-11)15-7(2)13/h5-6,9-10,12H,4H2,1-3H3/t6-,9+,10-/m0/s1. The first-order chi connectivity index (χ1) is 7.38. The molecule has 0 radical (unpaired) electrons. The topological polar surface area (TPSA) is 89.9 Å². The highest BCUT2D eigenvalue weighted by Gasteiger charge is 2.30. The van der Waals surface area contributed by atoms with E-state index in [9.17, 15) is 19.5 Å². The zero-order valence-corrected chi connectivity index (χ0v) is 9.50. The fraction of sp³-hybridized carbons (Fsp3) is 0.700. The van der Waals surface area contributed by atoms with Gasteiger partial charge >= 0.3 is 11.9 Å². The molecule has 0 aromatic carbocycles. The van der Waals surface area contributed by atoms with Crippen molar-refractivity contribution in [2.75, 3.05) is 0 Å². The maximum Gasteiger partial charge on any atom is 0.303 e. The molecule has 0 spiro atoms. The van der Waals surface area contributed by atoms with E-state index in [1.165, 1.54) is 20.8 Å². The minimum absolute atomic E-state index is 0.136. The summed E-state index contributed by atoms with van der Waals surface area (Å²) in [4.78, 5) is 32.0. The monoisotopic (exact) mass is 232 g/mol. The third-order valence-electron chi connectivity index (χ3n) is 1.79. The molecule has 1 N–H and O–H groups in total. The second-order valence-electron chi connectivity index (χ2n) is 3.36. The first-order valence-electron chi connectivity index (χ1n) is 4.84. The molecule has 0 fully saturated rings. The summed E-state index contributed by atoms with van der Waals surface area (Å²) in [6, 6.07) is 0. The molecule has 6 nitrogen and oxygen atoms in total. The highest BCUT2D eigenvalue weighted by molar-refractivity contribution is 5.68. The van der Waals surface area contributed by atoms with Crippen molar-refractivity contribution >= 4 is 18.2 Å². The van der Waals surface area contributed by atoms with E-state index in [4.69, 9.17) is 9.47 Å². The molecule has 0 saturated carbocycles. The van der Waals surface area contributed by atoms with Crippen molar-refractivity contribution in [2.24, 2.45) is 0 Å². The Morgan fingerprint density at radius 2 is 1.75 bits per heavy atom. The van der Waals surface area contributed by atoms with E-state index in [0.29, 0.717) is 6.29 Å². The van der Waals surface area contributed by atoms with E-state index >= 15 is 0 Å². The van der Waals surface area contributed by atoms with Gasteiger partial charge in [-0.2, -0.15) is 0 Å². The van der Waals surface area contributed by atoms with Crippen molar-refractivity contribution in [3.63, 3.8) is 0 Å². The van der Waals surface area contributed by atoms with Crippen LogP contribution < -0.4 is 0 Å². The summed E-state index contributed by atoms with van der Waals surface area (Å²) in [6.07, 6.45) is -2.63. The summed E-state index contributed by atoms with van der Waals surface area (Å²) >= 11 is 0. The van der Waals surface area contributed by atoms with Gasteiger partial charge in [-0.3, -0.25) is 9.59 Å². The van der Waals surface area contributed by atoms with E-state index in [1.807, 2.05) is 0 Å². The van der Waals surface area contributed by atoms with Crippen molar-refractivity contribution < 1.29 is 29.0 Å². The van der Waals surface area contributed by atoms with Crippen molar-refractivity contribution in [2.45, 2.75) is 45.5 Å². The molecule has 3 atom stereocenters. The average Bonchev–Trinajstić information content (AvgIpc) is 2.12. The fourth-order valence-electron chi connectivity index (χ4n) is 1.23. The number of rotatable bonds is 6. The summed E-state index contributed by atoms with van der Waals surface area (Å²) < 4.78 is 9.61. The summed E-state index contributed by atoms with van der Waals surface area (Å²) in [7, 11) is 0.